The van der Waals surface area contributed by atoms with Gasteiger partial charge in [0.15, 0.2) is 23.0 Å². The van der Waals surface area contributed by atoms with E-state index in [0.29, 0.717) is 24.7 Å². The Bertz CT molecular complexity index is 1090. The second kappa shape index (κ2) is 10.6. The Morgan fingerprint density at radius 3 is 1.97 bits per heavy atom. The quantitative estimate of drug-likeness (QED) is 0.349. The number of phenols is 1. The average Bonchev–Trinajstić information content (AvgIpc) is 3.52. The zero-order valence-corrected chi connectivity index (χ0v) is 20.5. The number of rotatable bonds is 7. The Labute approximate surface area is 213 Å². The molecule has 9 atom stereocenters. The van der Waals surface area contributed by atoms with Crippen LogP contribution in [0.2, 0.25) is 0 Å². The highest BCUT2D eigenvalue weighted by Gasteiger charge is 2.49. The van der Waals surface area contributed by atoms with E-state index in [0.717, 1.165) is 11.1 Å². The van der Waals surface area contributed by atoms with Gasteiger partial charge in [0.2, 0.25) is 6.29 Å². The van der Waals surface area contributed by atoms with E-state index >= 15 is 0 Å². The van der Waals surface area contributed by atoms with Crippen molar-refractivity contribution in [2.24, 2.45) is 11.8 Å². The van der Waals surface area contributed by atoms with Gasteiger partial charge in [-0.25, -0.2) is 0 Å². The van der Waals surface area contributed by atoms with E-state index in [9.17, 15) is 25.5 Å². The van der Waals surface area contributed by atoms with Gasteiger partial charge in [0, 0.05) is 11.8 Å². The number of aliphatic hydroxyl groups excluding tert-OH is 4. The first-order valence-electron chi connectivity index (χ1n) is 12.1. The number of benzene rings is 2. The lowest BCUT2D eigenvalue weighted by Crippen LogP contribution is -2.60. The molecule has 0 radical (unpaired) electrons. The van der Waals surface area contributed by atoms with E-state index in [4.69, 9.17) is 28.4 Å². The lowest BCUT2D eigenvalue weighted by molar-refractivity contribution is -0.277. The maximum Gasteiger partial charge on any atom is 0.229 e. The van der Waals surface area contributed by atoms with Gasteiger partial charge in [-0.2, -0.15) is 0 Å². The predicted molar refractivity (Wildman–Crippen MR) is 126 cm³/mol. The highest BCUT2D eigenvalue weighted by Crippen LogP contribution is 2.51. The first-order chi connectivity index (χ1) is 17.9. The monoisotopic (exact) mass is 520 g/mol. The summed E-state index contributed by atoms with van der Waals surface area (Å²) in [7, 11) is 2.98. The third kappa shape index (κ3) is 4.72. The summed E-state index contributed by atoms with van der Waals surface area (Å²) in [4.78, 5) is 0. The smallest absolute Gasteiger partial charge is 0.229 e. The molecule has 2 aromatic carbocycles. The molecular weight excluding hydrogens is 488 g/mol. The number of fused-ring (bicyclic) bond motifs is 1. The van der Waals surface area contributed by atoms with Crippen LogP contribution < -0.4 is 14.2 Å². The van der Waals surface area contributed by atoms with Crippen molar-refractivity contribution in [1.29, 1.82) is 0 Å². The Morgan fingerprint density at radius 2 is 1.38 bits per heavy atom. The zero-order chi connectivity index (χ0) is 26.3. The predicted octanol–water partition coefficient (Wildman–Crippen LogP) is 0.663. The molecule has 0 aliphatic carbocycles. The van der Waals surface area contributed by atoms with E-state index in [-0.39, 0.29) is 35.5 Å². The number of hydrogen-bond acceptors (Lipinski definition) is 11. The van der Waals surface area contributed by atoms with Crippen LogP contribution in [-0.2, 0) is 14.2 Å². The molecule has 0 saturated carbocycles. The molecule has 202 valence electrons. The van der Waals surface area contributed by atoms with Gasteiger partial charge in [-0.1, -0.05) is 12.1 Å². The largest absolute Gasteiger partial charge is 0.504 e. The van der Waals surface area contributed by atoms with E-state index in [2.05, 4.69) is 0 Å². The van der Waals surface area contributed by atoms with E-state index in [1.807, 2.05) is 12.1 Å². The van der Waals surface area contributed by atoms with Crippen molar-refractivity contribution in [1.82, 2.24) is 0 Å². The van der Waals surface area contributed by atoms with Gasteiger partial charge in [-0.15, -0.1) is 0 Å². The summed E-state index contributed by atoms with van der Waals surface area (Å²) >= 11 is 0. The summed E-state index contributed by atoms with van der Waals surface area (Å²) in [5, 5.41) is 49.7. The van der Waals surface area contributed by atoms with E-state index in [1.54, 1.807) is 24.3 Å². The number of phenolic OH excluding ortho intramolecular Hbond substituents is 1. The summed E-state index contributed by atoms with van der Waals surface area (Å²) in [5.41, 5.74) is 1.77. The molecule has 0 unspecified atom stereocenters. The third-order valence-corrected chi connectivity index (χ3v) is 7.40. The number of ether oxygens (including phenoxy) is 6. The summed E-state index contributed by atoms with van der Waals surface area (Å²) in [6.07, 6.45) is -7.41. The highest BCUT2D eigenvalue weighted by molar-refractivity contribution is 5.45. The molecular formula is C26H32O11. The first kappa shape index (κ1) is 26.0. The van der Waals surface area contributed by atoms with Crippen LogP contribution in [0.3, 0.4) is 0 Å². The second-order valence-electron chi connectivity index (χ2n) is 9.49. The average molecular weight is 521 g/mol. The van der Waals surface area contributed by atoms with Crippen molar-refractivity contribution in [3.8, 4) is 23.0 Å². The van der Waals surface area contributed by atoms with Gasteiger partial charge >= 0.3 is 0 Å². The van der Waals surface area contributed by atoms with Crippen LogP contribution in [0.5, 0.6) is 23.0 Å². The third-order valence-electron chi connectivity index (χ3n) is 7.40. The van der Waals surface area contributed by atoms with Gasteiger partial charge in [0.05, 0.1) is 46.2 Å². The molecule has 3 aliphatic heterocycles. The van der Waals surface area contributed by atoms with E-state index in [1.165, 1.54) is 14.2 Å². The molecule has 3 fully saturated rings. The molecule has 3 heterocycles. The fourth-order valence-corrected chi connectivity index (χ4v) is 5.35. The Morgan fingerprint density at radius 1 is 0.784 bits per heavy atom. The topological polar surface area (TPSA) is 157 Å². The zero-order valence-electron chi connectivity index (χ0n) is 20.5. The lowest BCUT2D eigenvalue weighted by Gasteiger charge is -2.39. The summed E-state index contributed by atoms with van der Waals surface area (Å²) in [6.45, 7) is 0.436. The summed E-state index contributed by atoms with van der Waals surface area (Å²) in [6, 6.07) is 10.5. The minimum atomic E-state index is -1.55. The van der Waals surface area contributed by atoms with Gasteiger partial charge in [-0.3, -0.25) is 0 Å². The normalized spacial score (nSPS) is 35.2. The second-order valence-corrected chi connectivity index (χ2v) is 9.49. The summed E-state index contributed by atoms with van der Waals surface area (Å²) < 4.78 is 34.3. The van der Waals surface area contributed by atoms with Crippen molar-refractivity contribution >= 4 is 0 Å². The fourth-order valence-electron chi connectivity index (χ4n) is 5.35. The maximum atomic E-state index is 10.3. The van der Waals surface area contributed by atoms with Gasteiger partial charge < -0.3 is 54.0 Å². The summed E-state index contributed by atoms with van der Waals surface area (Å²) in [5.74, 6) is 1.27. The maximum absolute atomic E-state index is 10.3. The molecule has 11 nitrogen and oxygen atoms in total. The molecule has 0 spiro atoms. The van der Waals surface area contributed by atoms with Crippen LogP contribution in [0.25, 0.3) is 0 Å². The highest BCUT2D eigenvalue weighted by atomic mass is 16.7. The number of methoxy groups -OCH3 is 2. The van der Waals surface area contributed by atoms with Crippen LogP contribution in [0.4, 0.5) is 0 Å². The molecule has 3 saturated heterocycles. The Hall–Kier alpha value is -2.64. The first-order valence-corrected chi connectivity index (χ1v) is 12.1. The molecule has 0 aromatic heterocycles. The molecule has 37 heavy (non-hydrogen) atoms. The molecule has 11 heteroatoms. The molecule has 3 aliphatic rings. The fraction of sp³-hybridized carbons (Fsp3) is 0.538. The van der Waals surface area contributed by atoms with Crippen LogP contribution in [0, 0.1) is 11.8 Å². The minimum absolute atomic E-state index is 0.0689. The van der Waals surface area contributed by atoms with Crippen molar-refractivity contribution < 1.29 is 54.0 Å². The number of aliphatic hydroxyl groups is 4. The van der Waals surface area contributed by atoms with Crippen LogP contribution in [0.1, 0.15) is 23.3 Å². The van der Waals surface area contributed by atoms with Gasteiger partial charge in [0.1, 0.15) is 24.4 Å². The molecule has 5 rings (SSSR count). The standard InChI is InChI=1S/C26H32O11/c1-32-18-7-12(3-5-16(18)28)24-14-10-35-25(15(14)11-34-24)13-4-6-17(19(8-13)33-2)36-26-23(31)22(30)21(29)20(9-27)37-26/h3-8,14-15,20-31H,9-11H2,1-2H3/t14-,15-,20+,21+,22-,23+,24-,25-,26+/m1/s1. The molecule has 5 N–H and O–H groups in total. The molecule has 0 amide bonds. The lowest BCUT2D eigenvalue weighted by atomic mass is 9.85. The van der Waals surface area contributed by atoms with Gasteiger partial charge in [-0.05, 0) is 35.4 Å². The minimum Gasteiger partial charge on any atom is -0.504 e. The Balaban J connectivity index is 1.32. The van der Waals surface area contributed by atoms with Crippen molar-refractivity contribution in [2.45, 2.75) is 42.9 Å². The van der Waals surface area contributed by atoms with Crippen molar-refractivity contribution in [3.05, 3.63) is 47.5 Å². The van der Waals surface area contributed by atoms with E-state index < -0.39 is 37.3 Å². The van der Waals surface area contributed by atoms with Crippen LogP contribution in [0.15, 0.2) is 36.4 Å². The van der Waals surface area contributed by atoms with Crippen molar-refractivity contribution in [2.75, 3.05) is 34.0 Å². The number of hydrogen-bond donors (Lipinski definition) is 5. The van der Waals surface area contributed by atoms with Crippen molar-refractivity contribution in [3.63, 3.8) is 0 Å². The Kier molecular flexibility index (Phi) is 7.46. The van der Waals surface area contributed by atoms with Gasteiger partial charge in [0.25, 0.3) is 0 Å². The number of aromatic hydroxyl groups is 1. The van der Waals surface area contributed by atoms with Crippen LogP contribution >= 0.6 is 0 Å². The molecule has 0 bridgehead atoms. The molecule has 2 aromatic rings. The SMILES string of the molecule is COc1cc([C@H]2OC[C@@H]3[C@H]2CO[C@@H]3c2ccc(O[C@H]3O[C@@H](CO)[C@H](O)[C@@H](O)[C@@H]3O)c(OC)c2)ccc1O. The van der Waals surface area contributed by atoms with Crippen LogP contribution in [-0.4, -0.2) is 90.3 Å².